The van der Waals surface area contributed by atoms with Gasteiger partial charge in [0.15, 0.2) is 0 Å². The van der Waals surface area contributed by atoms with Gasteiger partial charge in [-0.25, -0.2) is 0 Å². The highest BCUT2D eigenvalue weighted by Crippen LogP contribution is 2.52. The van der Waals surface area contributed by atoms with Crippen LogP contribution in [0.15, 0.2) is 199 Å². The van der Waals surface area contributed by atoms with Crippen molar-refractivity contribution < 1.29 is 4.42 Å². The normalized spacial score (nSPS) is 13.3. The van der Waals surface area contributed by atoms with Crippen molar-refractivity contribution in [3.05, 3.63) is 205 Å². The molecule has 0 aliphatic heterocycles. The molecule has 0 bridgehead atoms. The van der Waals surface area contributed by atoms with Gasteiger partial charge in [-0.2, -0.15) is 0 Å². The molecule has 12 aromatic rings. The number of hydrogen-bond acceptors (Lipinski definition) is 1. The lowest BCUT2D eigenvalue weighted by molar-refractivity contribution is 0.658. The van der Waals surface area contributed by atoms with E-state index in [9.17, 15) is 0 Å². The van der Waals surface area contributed by atoms with Crippen molar-refractivity contribution in [2.24, 2.45) is 0 Å². The molecular formula is C59H38O. The van der Waals surface area contributed by atoms with Gasteiger partial charge in [0.1, 0.15) is 11.2 Å². The summed E-state index contributed by atoms with van der Waals surface area (Å²) in [7, 11) is 0. The van der Waals surface area contributed by atoms with Crippen LogP contribution in [0.2, 0.25) is 0 Å². The van der Waals surface area contributed by atoms with Crippen molar-refractivity contribution in [2.75, 3.05) is 0 Å². The van der Waals surface area contributed by atoms with Crippen molar-refractivity contribution in [3.8, 4) is 44.5 Å². The zero-order valence-corrected chi connectivity index (χ0v) is 33.4. The molecule has 13 rings (SSSR count). The molecule has 0 saturated carbocycles. The van der Waals surface area contributed by atoms with Crippen LogP contribution in [0.1, 0.15) is 25.0 Å². The molecule has 1 heterocycles. The van der Waals surface area contributed by atoms with E-state index in [1.54, 1.807) is 0 Å². The van der Waals surface area contributed by atoms with E-state index in [0.29, 0.717) is 0 Å². The van der Waals surface area contributed by atoms with Gasteiger partial charge in [0.2, 0.25) is 0 Å². The first-order valence-electron chi connectivity index (χ1n) is 21.0. The van der Waals surface area contributed by atoms with Gasteiger partial charge in [0, 0.05) is 16.2 Å². The van der Waals surface area contributed by atoms with Crippen molar-refractivity contribution in [1.29, 1.82) is 0 Å². The van der Waals surface area contributed by atoms with Crippen LogP contribution in [0.4, 0.5) is 0 Å². The third-order valence-electron chi connectivity index (χ3n) is 13.6. The highest BCUT2D eigenvalue weighted by molar-refractivity contribution is 6.24. The maximum absolute atomic E-state index is 6.52. The van der Waals surface area contributed by atoms with Gasteiger partial charge in [-0.05, 0) is 146 Å². The lowest BCUT2D eigenvalue weighted by Crippen LogP contribution is -2.15. The molecule has 60 heavy (non-hydrogen) atoms. The van der Waals surface area contributed by atoms with E-state index in [0.717, 1.165) is 11.2 Å². The number of furan rings is 1. The minimum atomic E-state index is -0.163. The van der Waals surface area contributed by atoms with Crippen LogP contribution in [-0.2, 0) is 5.41 Å². The Kier molecular flexibility index (Phi) is 6.85. The predicted molar refractivity (Wildman–Crippen MR) is 255 cm³/mol. The Hall–Kier alpha value is -7.48. The zero-order valence-electron chi connectivity index (χ0n) is 33.4. The largest absolute Gasteiger partial charge is 0.456 e. The fraction of sp³-hybridized carbons (Fsp3) is 0.0508. The van der Waals surface area contributed by atoms with Crippen molar-refractivity contribution in [3.63, 3.8) is 0 Å². The molecule has 1 heteroatoms. The van der Waals surface area contributed by atoms with Gasteiger partial charge in [-0.1, -0.05) is 172 Å². The molecule has 0 saturated heterocycles. The molecule has 1 aliphatic carbocycles. The monoisotopic (exact) mass is 762 g/mol. The highest BCUT2D eigenvalue weighted by Gasteiger charge is 2.36. The molecule has 11 aromatic carbocycles. The Labute approximate surface area is 347 Å². The molecule has 0 N–H and O–H groups in total. The van der Waals surface area contributed by atoms with E-state index in [1.165, 1.54) is 120 Å². The van der Waals surface area contributed by atoms with E-state index >= 15 is 0 Å². The molecule has 0 unspecified atom stereocenters. The van der Waals surface area contributed by atoms with Crippen molar-refractivity contribution >= 4 is 75.8 Å². The molecule has 1 aliphatic rings. The number of rotatable bonds is 3. The third-order valence-corrected chi connectivity index (χ3v) is 13.6. The van der Waals surface area contributed by atoms with E-state index in [-0.39, 0.29) is 5.41 Å². The van der Waals surface area contributed by atoms with E-state index in [2.05, 4.69) is 208 Å². The van der Waals surface area contributed by atoms with Gasteiger partial charge >= 0.3 is 0 Å². The van der Waals surface area contributed by atoms with Gasteiger partial charge in [0.05, 0.1) is 0 Å². The average Bonchev–Trinajstić information content (AvgIpc) is 3.77. The number of hydrogen-bond donors (Lipinski definition) is 0. The molecule has 0 fully saturated rings. The van der Waals surface area contributed by atoms with Crippen LogP contribution in [0.5, 0.6) is 0 Å². The molecule has 0 radical (unpaired) electrons. The molecule has 0 amide bonds. The number of benzene rings is 11. The second-order valence-electron chi connectivity index (χ2n) is 17.2. The Balaban J connectivity index is 0.914. The summed E-state index contributed by atoms with van der Waals surface area (Å²) in [6, 6.07) is 72.0. The first-order chi connectivity index (χ1) is 29.5. The van der Waals surface area contributed by atoms with Crippen LogP contribution in [0.25, 0.3) is 120 Å². The molecular weight excluding hydrogens is 725 g/mol. The Morgan fingerprint density at radius 2 is 0.850 bits per heavy atom. The van der Waals surface area contributed by atoms with E-state index < -0.39 is 0 Å². The van der Waals surface area contributed by atoms with Crippen LogP contribution in [-0.4, -0.2) is 0 Å². The smallest absolute Gasteiger partial charge is 0.136 e. The van der Waals surface area contributed by atoms with Gasteiger partial charge in [0.25, 0.3) is 0 Å². The topological polar surface area (TPSA) is 13.1 Å². The SMILES string of the molecule is CC1(C)c2cc(-c3ccc4cc(-c5c6ccccc6c(-c6cccc7ccccc67)c6ccccc56)ccc4c3)ccc2-c2cc3oc4ccc5ccccc5c4c3cc21. The maximum atomic E-state index is 6.52. The Bertz CT molecular complexity index is 3740. The summed E-state index contributed by atoms with van der Waals surface area (Å²) in [4.78, 5) is 0. The minimum Gasteiger partial charge on any atom is -0.456 e. The summed E-state index contributed by atoms with van der Waals surface area (Å²) < 4.78 is 6.52. The summed E-state index contributed by atoms with van der Waals surface area (Å²) in [5, 5.41) is 15.0. The summed E-state index contributed by atoms with van der Waals surface area (Å²) >= 11 is 0. The fourth-order valence-corrected chi connectivity index (χ4v) is 10.7. The van der Waals surface area contributed by atoms with Gasteiger partial charge in [-0.3, -0.25) is 0 Å². The van der Waals surface area contributed by atoms with Gasteiger partial charge in [-0.15, -0.1) is 0 Å². The van der Waals surface area contributed by atoms with Crippen molar-refractivity contribution in [2.45, 2.75) is 19.3 Å². The molecule has 1 aromatic heterocycles. The first-order valence-corrected chi connectivity index (χ1v) is 21.0. The Morgan fingerprint density at radius 1 is 0.317 bits per heavy atom. The lowest BCUT2D eigenvalue weighted by atomic mass is 9.81. The molecule has 280 valence electrons. The first kappa shape index (κ1) is 33.5. The zero-order chi connectivity index (χ0) is 39.7. The van der Waals surface area contributed by atoms with Crippen molar-refractivity contribution in [1.82, 2.24) is 0 Å². The second kappa shape index (κ2) is 12.3. The Morgan fingerprint density at radius 3 is 1.58 bits per heavy atom. The van der Waals surface area contributed by atoms with Crippen LogP contribution in [0.3, 0.4) is 0 Å². The highest BCUT2D eigenvalue weighted by atomic mass is 16.3. The van der Waals surface area contributed by atoms with E-state index in [4.69, 9.17) is 4.42 Å². The third kappa shape index (κ3) is 4.69. The maximum Gasteiger partial charge on any atom is 0.136 e. The van der Waals surface area contributed by atoms with Crippen LogP contribution >= 0.6 is 0 Å². The van der Waals surface area contributed by atoms with Gasteiger partial charge < -0.3 is 4.42 Å². The predicted octanol–water partition coefficient (Wildman–Crippen LogP) is 16.7. The molecule has 1 nitrogen and oxygen atoms in total. The quantitative estimate of drug-likeness (QED) is 0.163. The van der Waals surface area contributed by atoms with Crippen LogP contribution in [0, 0.1) is 0 Å². The minimum absolute atomic E-state index is 0.163. The summed E-state index contributed by atoms with van der Waals surface area (Å²) in [5.41, 5.74) is 14.6. The number of fused-ring (bicyclic) bond motifs is 12. The average molecular weight is 763 g/mol. The second-order valence-corrected chi connectivity index (χ2v) is 17.2. The summed E-state index contributed by atoms with van der Waals surface area (Å²) in [5.74, 6) is 0. The van der Waals surface area contributed by atoms with E-state index in [1.807, 2.05) is 0 Å². The fourth-order valence-electron chi connectivity index (χ4n) is 10.7. The van der Waals surface area contributed by atoms with Crippen LogP contribution < -0.4 is 0 Å². The summed E-state index contributed by atoms with van der Waals surface area (Å²) in [6.07, 6.45) is 0. The molecule has 0 spiro atoms. The molecule has 0 atom stereocenters. The standard InChI is InChI=1S/C59H38O/c1-59(2)52-32-40(26-28-44(52)50-34-55-51(33-53(50)59)58-43-16-6-4-13-36(43)27-29-54(58)60-55)38-22-23-39-31-41(25-24-37(39)30-38)56-46-17-7-9-19-48(46)57(49-20-10-8-18-47(49)56)45-21-11-14-35-12-3-5-15-42(35)45/h3-34H,1-2H3. The summed E-state index contributed by atoms with van der Waals surface area (Å²) in [6.45, 7) is 4.75. The lowest BCUT2D eigenvalue weighted by Gasteiger charge is -2.22.